The summed E-state index contributed by atoms with van der Waals surface area (Å²) in [5.41, 5.74) is 6.94. The summed E-state index contributed by atoms with van der Waals surface area (Å²) in [4.78, 5) is 0. The zero-order chi connectivity index (χ0) is 14.2. The molecule has 0 bridgehead atoms. The van der Waals surface area contributed by atoms with Crippen LogP contribution in [0.25, 0.3) is 0 Å². The van der Waals surface area contributed by atoms with Crippen molar-refractivity contribution in [1.82, 2.24) is 9.78 Å². The van der Waals surface area contributed by atoms with Gasteiger partial charge in [-0.2, -0.15) is 5.10 Å². The molecule has 3 N–H and O–H groups in total. The average Bonchev–Trinajstić information content (AvgIpc) is 2.60. The Morgan fingerprint density at radius 1 is 1.42 bits per heavy atom. The fraction of sp³-hybridized carbons (Fsp3) is 0.231. The largest absolute Gasteiger partial charge is 0.435 e. The first kappa shape index (κ1) is 13.1. The molecule has 0 amide bonds. The smallest absolute Gasteiger partial charge is 0.229 e. The van der Waals surface area contributed by atoms with Crippen molar-refractivity contribution in [2.45, 2.75) is 13.8 Å². The molecule has 5 nitrogen and oxygen atoms in total. The van der Waals surface area contributed by atoms with Gasteiger partial charge in [0.2, 0.25) is 5.88 Å². The van der Waals surface area contributed by atoms with Crippen LogP contribution in [0, 0.1) is 25.1 Å². The van der Waals surface area contributed by atoms with E-state index in [0.29, 0.717) is 16.8 Å². The van der Waals surface area contributed by atoms with Crippen LogP contribution < -0.4 is 10.5 Å². The van der Waals surface area contributed by atoms with Crippen LogP contribution in [-0.2, 0) is 7.05 Å². The zero-order valence-electron chi connectivity index (χ0n) is 11.0. The lowest BCUT2D eigenvalue weighted by Crippen LogP contribution is -2.13. The van der Waals surface area contributed by atoms with Gasteiger partial charge < -0.3 is 10.5 Å². The Labute approximate surface area is 110 Å². The van der Waals surface area contributed by atoms with E-state index in [1.165, 1.54) is 10.7 Å². The maximum absolute atomic E-state index is 13.9. The van der Waals surface area contributed by atoms with Crippen molar-refractivity contribution in [1.29, 1.82) is 5.41 Å². The number of ether oxygens (including phenoxy) is 1. The number of aryl methyl sites for hydroxylation is 3. The van der Waals surface area contributed by atoms with Crippen LogP contribution in [0.2, 0.25) is 0 Å². The highest BCUT2D eigenvalue weighted by Crippen LogP contribution is 2.29. The van der Waals surface area contributed by atoms with Crippen molar-refractivity contribution in [2.75, 3.05) is 0 Å². The standard InChI is InChI=1S/C13H15FN4O/c1-7-5-4-6-9(11(7)14)19-13-10(12(15)16)8(2)17-18(13)3/h4-6H,1-3H3,(H3,15,16). The van der Waals surface area contributed by atoms with Gasteiger partial charge in [-0.15, -0.1) is 0 Å². The minimum Gasteiger partial charge on any atom is -0.435 e. The molecule has 100 valence electrons. The number of rotatable bonds is 3. The van der Waals surface area contributed by atoms with Gasteiger partial charge in [0.25, 0.3) is 0 Å². The van der Waals surface area contributed by atoms with Crippen molar-refractivity contribution in [3.05, 3.63) is 40.8 Å². The van der Waals surface area contributed by atoms with E-state index in [1.54, 1.807) is 33.0 Å². The molecule has 0 fully saturated rings. The Morgan fingerprint density at radius 3 is 2.74 bits per heavy atom. The predicted molar refractivity (Wildman–Crippen MR) is 70.2 cm³/mol. The molecule has 0 radical (unpaired) electrons. The van der Waals surface area contributed by atoms with Crippen molar-refractivity contribution in [2.24, 2.45) is 12.8 Å². The number of aromatic nitrogens is 2. The van der Waals surface area contributed by atoms with Gasteiger partial charge in [-0.05, 0) is 25.5 Å². The highest BCUT2D eigenvalue weighted by Gasteiger charge is 2.19. The number of hydrogen-bond acceptors (Lipinski definition) is 3. The molecule has 1 aromatic heterocycles. The minimum atomic E-state index is -0.434. The van der Waals surface area contributed by atoms with Gasteiger partial charge in [0.1, 0.15) is 11.4 Å². The third-order valence-corrected chi connectivity index (χ3v) is 2.80. The van der Waals surface area contributed by atoms with Gasteiger partial charge in [0.15, 0.2) is 11.6 Å². The summed E-state index contributed by atoms with van der Waals surface area (Å²) in [6, 6.07) is 4.88. The van der Waals surface area contributed by atoms with Crippen LogP contribution in [0.4, 0.5) is 4.39 Å². The maximum atomic E-state index is 13.9. The zero-order valence-corrected chi connectivity index (χ0v) is 11.0. The van der Waals surface area contributed by atoms with Crippen molar-refractivity contribution in [3.63, 3.8) is 0 Å². The number of nitrogens with two attached hydrogens (primary N) is 1. The number of nitrogens with zero attached hydrogens (tertiary/aromatic N) is 2. The number of hydrogen-bond donors (Lipinski definition) is 2. The first-order chi connectivity index (χ1) is 8.91. The predicted octanol–water partition coefficient (Wildman–Crippen LogP) is 2.25. The monoisotopic (exact) mass is 262 g/mol. The summed E-state index contributed by atoms with van der Waals surface area (Å²) in [5, 5.41) is 11.7. The molecule has 0 aliphatic heterocycles. The Kier molecular flexibility index (Phi) is 3.25. The topological polar surface area (TPSA) is 76.9 Å². The van der Waals surface area contributed by atoms with E-state index in [2.05, 4.69) is 5.10 Å². The molecule has 1 heterocycles. The Hall–Kier alpha value is -2.37. The highest BCUT2D eigenvalue weighted by atomic mass is 19.1. The second-order valence-electron chi connectivity index (χ2n) is 4.29. The Balaban J connectivity index is 2.49. The van der Waals surface area contributed by atoms with E-state index < -0.39 is 5.82 Å². The summed E-state index contributed by atoms with van der Waals surface area (Å²) in [6.45, 7) is 3.37. The van der Waals surface area contributed by atoms with E-state index in [1.807, 2.05) is 0 Å². The molecule has 2 aromatic rings. The van der Waals surface area contributed by atoms with E-state index >= 15 is 0 Å². The first-order valence-corrected chi connectivity index (χ1v) is 5.72. The molecule has 0 atom stereocenters. The number of halogens is 1. The second-order valence-corrected chi connectivity index (χ2v) is 4.29. The molecule has 0 aliphatic carbocycles. The van der Waals surface area contributed by atoms with Crippen molar-refractivity contribution >= 4 is 5.84 Å². The van der Waals surface area contributed by atoms with Gasteiger partial charge in [-0.3, -0.25) is 5.41 Å². The molecule has 0 spiro atoms. The molecule has 0 saturated heterocycles. The van der Waals surface area contributed by atoms with Crippen molar-refractivity contribution in [3.8, 4) is 11.6 Å². The Bertz CT molecular complexity index is 648. The summed E-state index contributed by atoms with van der Waals surface area (Å²) in [7, 11) is 1.66. The van der Waals surface area contributed by atoms with Crippen LogP contribution in [0.3, 0.4) is 0 Å². The van der Waals surface area contributed by atoms with E-state index in [9.17, 15) is 4.39 Å². The molecule has 0 saturated carbocycles. The lowest BCUT2D eigenvalue weighted by Gasteiger charge is -2.09. The summed E-state index contributed by atoms with van der Waals surface area (Å²) in [6.07, 6.45) is 0. The fourth-order valence-corrected chi connectivity index (χ4v) is 1.87. The summed E-state index contributed by atoms with van der Waals surface area (Å²) >= 11 is 0. The molecular weight excluding hydrogens is 247 g/mol. The van der Waals surface area contributed by atoms with E-state index in [-0.39, 0.29) is 17.5 Å². The van der Waals surface area contributed by atoms with Gasteiger partial charge in [0, 0.05) is 7.05 Å². The minimum absolute atomic E-state index is 0.0884. The van der Waals surface area contributed by atoms with E-state index in [0.717, 1.165) is 0 Å². The second kappa shape index (κ2) is 4.72. The first-order valence-electron chi connectivity index (χ1n) is 5.72. The quantitative estimate of drug-likeness (QED) is 0.658. The highest BCUT2D eigenvalue weighted by molar-refractivity contribution is 5.98. The lowest BCUT2D eigenvalue weighted by atomic mass is 10.2. The molecule has 2 rings (SSSR count). The number of amidine groups is 1. The van der Waals surface area contributed by atoms with Gasteiger partial charge in [-0.25, -0.2) is 9.07 Å². The maximum Gasteiger partial charge on any atom is 0.229 e. The number of nitrogen functional groups attached to an aromatic ring is 1. The molecular formula is C13H15FN4O. The van der Waals surface area contributed by atoms with Crippen LogP contribution in [0.15, 0.2) is 18.2 Å². The lowest BCUT2D eigenvalue weighted by molar-refractivity contribution is 0.401. The Morgan fingerprint density at radius 2 is 2.11 bits per heavy atom. The normalized spacial score (nSPS) is 10.5. The average molecular weight is 262 g/mol. The van der Waals surface area contributed by atoms with Crippen LogP contribution in [0.5, 0.6) is 11.6 Å². The summed E-state index contributed by atoms with van der Waals surface area (Å²) < 4.78 is 20.9. The molecule has 6 heteroatoms. The molecule has 0 aliphatic rings. The third kappa shape index (κ3) is 2.29. The number of benzene rings is 1. The van der Waals surface area contributed by atoms with Crippen LogP contribution in [0.1, 0.15) is 16.8 Å². The van der Waals surface area contributed by atoms with Crippen LogP contribution >= 0.6 is 0 Å². The molecule has 0 unspecified atom stereocenters. The van der Waals surface area contributed by atoms with E-state index in [4.69, 9.17) is 15.9 Å². The number of nitrogens with one attached hydrogen (secondary N) is 1. The van der Waals surface area contributed by atoms with Gasteiger partial charge >= 0.3 is 0 Å². The van der Waals surface area contributed by atoms with Gasteiger partial charge in [0.05, 0.1) is 5.69 Å². The SMILES string of the molecule is Cc1cccc(Oc2c(C(=N)N)c(C)nn2C)c1F. The fourth-order valence-electron chi connectivity index (χ4n) is 1.87. The van der Waals surface area contributed by atoms with Crippen molar-refractivity contribution < 1.29 is 9.13 Å². The van der Waals surface area contributed by atoms with Crippen LogP contribution in [-0.4, -0.2) is 15.6 Å². The third-order valence-electron chi connectivity index (χ3n) is 2.80. The molecule has 19 heavy (non-hydrogen) atoms. The molecule has 1 aromatic carbocycles. The van der Waals surface area contributed by atoms with Gasteiger partial charge in [-0.1, -0.05) is 12.1 Å². The summed E-state index contributed by atoms with van der Waals surface area (Å²) in [5.74, 6) is -0.246.